The molecule has 0 aliphatic carbocycles. The van der Waals surface area contributed by atoms with E-state index in [4.69, 9.17) is 9.47 Å². The number of halogens is 1. The number of benzene rings is 1. The summed E-state index contributed by atoms with van der Waals surface area (Å²) in [6.45, 7) is 4.56. The summed E-state index contributed by atoms with van der Waals surface area (Å²) in [6.07, 6.45) is 2.02. The van der Waals surface area contributed by atoms with Gasteiger partial charge < -0.3 is 19.7 Å². The van der Waals surface area contributed by atoms with Crippen LogP contribution in [-0.4, -0.2) is 36.7 Å². The Morgan fingerprint density at radius 3 is 2.90 bits per heavy atom. The molecule has 2 aliphatic rings. The van der Waals surface area contributed by atoms with Crippen LogP contribution in [0, 0.1) is 0 Å². The van der Waals surface area contributed by atoms with Crippen LogP contribution in [0.25, 0.3) is 0 Å². The van der Waals surface area contributed by atoms with E-state index in [0.717, 1.165) is 36.4 Å². The molecule has 1 aromatic rings. The van der Waals surface area contributed by atoms with Crippen molar-refractivity contribution in [2.24, 2.45) is 0 Å². The number of hydrogen-bond acceptors (Lipinski definition) is 4. The van der Waals surface area contributed by atoms with Crippen LogP contribution in [0.15, 0.2) is 18.2 Å². The topological polar surface area (TPSA) is 50.8 Å². The number of rotatable bonds is 4. The second kappa shape index (κ2) is 7.00. The predicted octanol–water partition coefficient (Wildman–Crippen LogP) is 1.94. The number of nitrogens with one attached hydrogen (secondary N) is 1. The third kappa shape index (κ3) is 3.41. The van der Waals surface area contributed by atoms with Gasteiger partial charge in [-0.15, -0.1) is 12.4 Å². The zero-order chi connectivity index (χ0) is 13.9. The summed E-state index contributed by atoms with van der Waals surface area (Å²) >= 11 is 0. The Morgan fingerprint density at radius 1 is 1.38 bits per heavy atom. The van der Waals surface area contributed by atoms with Gasteiger partial charge in [-0.05, 0) is 44.0 Å². The molecule has 0 aromatic heterocycles. The van der Waals surface area contributed by atoms with Crippen molar-refractivity contribution in [1.29, 1.82) is 0 Å². The summed E-state index contributed by atoms with van der Waals surface area (Å²) < 4.78 is 10.7. The first kappa shape index (κ1) is 15.9. The maximum Gasteiger partial charge on any atom is 0.239 e. The Balaban J connectivity index is 0.00000161. The maximum absolute atomic E-state index is 12.4. The normalized spacial score (nSPS) is 19.2. The second-order valence-corrected chi connectivity index (χ2v) is 5.19. The van der Waals surface area contributed by atoms with Crippen LogP contribution >= 0.6 is 12.4 Å². The van der Waals surface area contributed by atoms with Gasteiger partial charge in [-0.3, -0.25) is 4.79 Å². The summed E-state index contributed by atoms with van der Waals surface area (Å²) in [6, 6.07) is 5.85. The molecule has 0 bridgehead atoms. The Morgan fingerprint density at radius 2 is 2.19 bits per heavy atom. The Kier molecular flexibility index (Phi) is 5.31. The Bertz CT molecular complexity index is 504. The number of hydrogen-bond donors (Lipinski definition) is 1. The van der Waals surface area contributed by atoms with Crippen molar-refractivity contribution in [3.05, 3.63) is 23.8 Å². The summed E-state index contributed by atoms with van der Waals surface area (Å²) in [7, 11) is 0. The molecular weight excluding hydrogens is 292 g/mol. The highest BCUT2D eigenvalue weighted by atomic mass is 35.5. The molecule has 1 saturated heterocycles. The highest BCUT2D eigenvalue weighted by Crippen LogP contribution is 2.32. The van der Waals surface area contributed by atoms with Crippen LogP contribution in [-0.2, 0) is 11.3 Å². The number of carbonyl (C=O) groups excluding carboxylic acids is 1. The SMILES string of the molecule is CCN(Cc1ccc2c(c1)OCO2)C(=O)[C@@H]1CCCN1.Cl. The van der Waals surface area contributed by atoms with Crippen molar-refractivity contribution in [2.45, 2.75) is 32.4 Å². The zero-order valence-corrected chi connectivity index (χ0v) is 12.9. The van der Waals surface area contributed by atoms with Crippen molar-refractivity contribution in [1.82, 2.24) is 10.2 Å². The number of amides is 1. The van der Waals surface area contributed by atoms with Crippen LogP contribution < -0.4 is 14.8 Å². The molecule has 1 fully saturated rings. The highest BCUT2D eigenvalue weighted by molar-refractivity contribution is 5.85. The molecule has 1 aromatic carbocycles. The molecule has 1 N–H and O–H groups in total. The van der Waals surface area contributed by atoms with Crippen LogP contribution in [0.4, 0.5) is 0 Å². The molecule has 0 unspecified atom stereocenters. The van der Waals surface area contributed by atoms with Gasteiger partial charge in [0.15, 0.2) is 11.5 Å². The van der Waals surface area contributed by atoms with E-state index >= 15 is 0 Å². The van der Waals surface area contributed by atoms with Gasteiger partial charge in [0, 0.05) is 13.1 Å². The number of ether oxygens (including phenoxy) is 2. The van der Waals surface area contributed by atoms with E-state index in [1.807, 2.05) is 30.0 Å². The first-order valence-corrected chi connectivity index (χ1v) is 7.18. The van der Waals surface area contributed by atoms with Crippen molar-refractivity contribution >= 4 is 18.3 Å². The Hall–Kier alpha value is -1.46. The van der Waals surface area contributed by atoms with Gasteiger partial charge in [0.1, 0.15) is 0 Å². The minimum Gasteiger partial charge on any atom is -0.454 e. The molecule has 5 nitrogen and oxygen atoms in total. The summed E-state index contributed by atoms with van der Waals surface area (Å²) in [5.41, 5.74) is 1.07. The standard InChI is InChI=1S/C15H20N2O3.ClH/c1-2-17(15(18)12-4-3-7-16-12)9-11-5-6-13-14(8-11)20-10-19-13;/h5-6,8,12,16H,2-4,7,9-10H2,1H3;1H/t12-;/m0./s1. The third-order valence-electron chi connectivity index (χ3n) is 3.86. The van der Waals surface area contributed by atoms with Crippen molar-refractivity contribution < 1.29 is 14.3 Å². The van der Waals surface area contributed by atoms with E-state index in [1.54, 1.807) is 0 Å². The van der Waals surface area contributed by atoms with Gasteiger partial charge >= 0.3 is 0 Å². The lowest BCUT2D eigenvalue weighted by Gasteiger charge is -2.24. The lowest BCUT2D eigenvalue weighted by Crippen LogP contribution is -2.43. The highest BCUT2D eigenvalue weighted by Gasteiger charge is 2.26. The lowest BCUT2D eigenvalue weighted by atomic mass is 10.1. The average Bonchev–Trinajstić information content (AvgIpc) is 3.14. The van der Waals surface area contributed by atoms with Crippen LogP contribution in [0.3, 0.4) is 0 Å². The number of carbonyl (C=O) groups is 1. The van der Waals surface area contributed by atoms with Gasteiger partial charge in [-0.2, -0.15) is 0 Å². The molecule has 116 valence electrons. The Labute approximate surface area is 131 Å². The van der Waals surface area contributed by atoms with Gasteiger partial charge in [0.2, 0.25) is 12.7 Å². The van der Waals surface area contributed by atoms with E-state index in [0.29, 0.717) is 13.1 Å². The van der Waals surface area contributed by atoms with Gasteiger partial charge in [-0.1, -0.05) is 6.07 Å². The number of nitrogens with zero attached hydrogens (tertiary/aromatic N) is 1. The monoisotopic (exact) mass is 312 g/mol. The second-order valence-electron chi connectivity index (χ2n) is 5.19. The van der Waals surface area contributed by atoms with Gasteiger partial charge in [0.05, 0.1) is 6.04 Å². The minimum atomic E-state index is -0.0102. The first-order valence-electron chi connectivity index (χ1n) is 7.18. The zero-order valence-electron chi connectivity index (χ0n) is 12.1. The summed E-state index contributed by atoms with van der Waals surface area (Å²) in [5, 5.41) is 3.26. The minimum absolute atomic E-state index is 0. The van der Waals surface area contributed by atoms with Gasteiger partial charge in [0.25, 0.3) is 0 Å². The average molecular weight is 313 g/mol. The first-order chi connectivity index (χ1) is 9.78. The molecule has 1 atom stereocenters. The molecule has 6 heteroatoms. The molecule has 2 heterocycles. The summed E-state index contributed by atoms with van der Waals surface area (Å²) in [5.74, 6) is 1.74. The van der Waals surface area contributed by atoms with Crippen molar-refractivity contribution in [3.8, 4) is 11.5 Å². The molecule has 0 saturated carbocycles. The quantitative estimate of drug-likeness (QED) is 0.923. The van der Waals surface area contributed by atoms with Crippen molar-refractivity contribution in [2.75, 3.05) is 19.9 Å². The van der Waals surface area contributed by atoms with Crippen LogP contribution in [0.2, 0.25) is 0 Å². The largest absolute Gasteiger partial charge is 0.454 e. The number of likely N-dealkylation sites (N-methyl/N-ethyl adjacent to an activating group) is 1. The van der Waals surface area contributed by atoms with Crippen LogP contribution in [0.5, 0.6) is 11.5 Å². The molecule has 1 amide bonds. The van der Waals surface area contributed by atoms with E-state index in [1.165, 1.54) is 0 Å². The molecular formula is C15H21ClN2O3. The van der Waals surface area contributed by atoms with E-state index < -0.39 is 0 Å². The number of fused-ring (bicyclic) bond motifs is 1. The fourth-order valence-electron chi connectivity index (χ4n) is 2.72. The van der Waals surface area contributed by atoms with E-state index in [9.17, 15) is 4.79 Å². The van der Waals surface area contributed by atoms with Gasteiger partial charge in [-0.25, -0.2) is 0 Å². The smallest absolute Gasteiger partial charge is 0.239 e. The van der Waals surface area contributed by atoms with E-state index in [-0.39, 0.29) is 31.1 Å². The lowest BCUT2D eigenvalue weighted by molar-refractivity contribution is -0.133. The fourth-order valence-corrected chi connectivity index (χ4v) is 2.72. The molecule has 2 aliphatic heterocycles. The maximum atomic E-state index is 12.4. The molecule has 0 spiro atoms. The van der Waals surface area contributed by atoms with E-state index in [2.05, 4.69) is 5.32 Å². The fraction of sp³-hybridized carbons (Fsp3) is 0.533. The summed E-state index contributed by atoms with van der Waals surface area (Å²) in [4.78, 5) is 14.3. The predicted molar refractivity (Wildman–Crippen MR) is 81.9 cm³/mol. The molecule has 21 heavy (non-hydrogen) atoms. The van der Waals surface area contributed by atoms with Crippen molar-refractivity contribution in [3.63, 3.8) is 0 Å². The third-order valence-corrected chi connectivity index (χ3v) is 3.86. The van der Waals surface area contributed by atoms with Crippen LogP contribution in [0.1, 0.15) is 25.3 Å². The molecule has 0 radical (unpaired) electrons. The molecule has 3 rings (SSSR count).